The molecular formula is C23H21ClN4O4S. The molecule has 4 aromatic rings. The average Bonchev–Trinajstić information content (AvgIpc) is 3.42. The molecule has 2 aromatic carbocycles. The zero-order valence-corrected chi connectivity index (χ0v) is 19.6. The largest absolute Gasteiger partial charge is 0.462 e. The number of hydrogen-bond donors (Lipinski definition) is 1. The van der Waals surface area contributed by atoms with Gasteiger partial charge in [-0.25, -0.2) is 4.79 Å². The van der Waals surface area contributed by atoms with Gasteiger partial charge in [-0.2, -0.15) is 0 Å². The molecule has 33 heavy (non-hydrogen) atoms. The van der Waals surface area contributed by atoms with Crippen LogP contribution in [0, 0.1) is 0 Å². The number of amides is 1. The lowest BCUT2D eigenvalue weighted by atomic mass is 10.2. The molecule has 0 radical (unpaired) electrons. The molecule has 0 saturated carbocycles. The van der Waals surface area contributed by atoms with Gasteiger partial charge in [0.15, 0.2) is 10.9 Å². The van der Waals surface area contributed by atoms with Crippen molar-refractivity contribution in [1.82, 2.24) is 14.8 Å². The molecule has 0 fully saturated rings. The summed E-state index contributed by atoms with van der Waals surface area (Å²) in [6.45, 7) is 4.56. The van der Waals surface area contributed by atoms with Crippen molar-refractivity contribution >= 4 is 51.9 Å². The van der Waals surface area contributed by atoms with Gasteiger partial charge in [-0.05, 0) is 44.2 Å². The summed E-state index contributed by atoms with van der Waals surface area (Å²) in [5.74, 6) is 0.524. The first-order chi connectivity index (χ1) is 16.0. The summed E-state index contributed by atoms with van der Waals surface area (Å²) in [5.41, 5.74) is 1.42. The van der Waals surface area contributed by atoms with Crippen LogP contribution in [0.15, 0.2) is 58.1 Å². The van der Waals surface area contributed by atoms with E-state index in [9.17, 15) is 9.59 Å². The summed E-state index contributed by atoms with van der Waals surface area (Å²) in [6.07, 6.45) is 0. The summed E-state index contributed by atoms with van der Waals surface area (Å²) in [4.78, 5) is 24.5. The molecule has 0 atom stereocenters. The highest BCUT2D eigenvalue weighted by Gasteiger charge is 2.18. The van der Waals surface area contributed by atoms with Crippen LogP contribution in [0.2, 0.25) is 5.02 Å². The van der Waals surface area contributed by atoms with Gasteiger partial charge in [-0.3, -0.25) is 9.36 Å². The lowest BCUT2D eigenvalue weighted by Gasteiger charge is -2.10. The van der Waals surface area contributed by atoms with Gasteiger partial charge >= 0.3 is 5.97 Å². The van der Waals surface area contributed by atoms with E-state index in [1.54, 1.807) is 19.1 Å². The van der Waals surface area contributed by atoms with Crippen molar-refractivity contribution in [2.45, 2.75) is 25.5 Å². The Hall–Kier alpha value is -3.30. The molecule has 170 valence electrons. The first-order valence-electron chi connectivity index (χ1n) is 10.3. The molecule has 1 N–H and O–H groups in total. The van der Waals surface area contributed by atoms with Gasteiger partial charge in [0.2, 0.25) is 11.7 Å². The number of nitrogens with zero attached hydrogens (tertiary/aromatic N) is 3. The van der Waals surface area contributed by atoms with Gasteiger partial charge in [-0.15, -0.1) is 10.2 Å². The summed E-state index contributed by atoms with van der Waals surface area (Å²) < 4.78 is 12.8. The zero-order valence-electron chi connectivity index (χ0n) is 18.0. The van der Waals surface area contributed by atoms with Gasteiger partial charge in [0.1, 0.15) is 5.58 Å². The van der Waals surface area contributed by atoms with E-state index in [1.165, 1.54) is 17.8 Å². The molecule has 0 saturated heterocycles. The number of anilines is 1. The number of para-hydroxylation sites is 1. The van der Waals surface area contributed by atoms with Gasteiger partial charge < -0.3 is 14.5 Å². The summed E-state index contributed by atoms with van der Waals surface area (Å²) in [7, 11) is 0. The number of thioether (sulfide) groups is 1. The van der Waals surface area contributed by atoms with Crippen LogP contribution in [0.1, 0.15) is 24.2 Å². The fraction of sp³-hybridized carbons (Fsp3) is 0.217. The van der Waals surface area contributed by atoms with Gasteiger partial charge in [-0.1, -0.05) is 41.6 Å². The predicted octanol–water partition coefficient (Wildman–Crippen LogP) is 5.27. The van der Waals surface area contributed by atoms with Crippen LogP contribution in [-0.4, -0.2) is 39.0 Å². The van der Waals surface area contributed by atoms with Gasteiger partial charge in [0, 0.05) is 11.9 Å². The quantitative estimate of drug-likeness (QED) is 0.268. The van der Waals surface area contributed by atoms with E-state index in [0.29, 0.717) is 39.6 Å². The highest BCUT2D eigenvalue weighted by molar-refractivity contribution is 7.99. The third-order valence-electron chi connectivity index (χ3n) is 4.76. The maximum atomic E-state index is 12.6. The van der Waals surface area contributed by atoms with Crippen LogP contribution in [-0.2, 0) is 16.1 Å². The maximum Gasteiger partial charge on any atom is 0.338 e. The molecule has 0 bridgehead atoms. The average molecular weight is 485 g/mol. The monoisotopic (exact) mass is 484 g/mol. The Balaban J connectivity index is 1.46. The first kappa shape index (κ1) is 22.9. The maximum absolute atomic E-state index is 12.6. The standard InChI is InChI=1S/C23H21ClN4O4S/c1-3-28-21(19-12-14-7-5-6-8-18(14)32-19)26-27-23(28)33-13-20(29)25-17-11-15(9-10-16(17)24)22(30)31-4-2/h5-12H,3-4,13H2,1-2H3,(H,25,29). The minimum atomic E-state index is -0.479. The van der Waals surface area contributed by atoms with Crippen LogP contribution in [0.5, 0.6) is 0 Å². The predicted molar refractivity (Wildman–Crippen MR) is 128 cm³/mol. The number of carbonyl (C=O) groups excluding carboxylic acids is 2. The molecule has 0 aliphatic heterocycles. The van der Waals surface area contributed by atoms with Gasteiger partial charge in [0.25, 0.3) is 0 Å². The van der Waals surface area contributed by atoms with Crippen molar-refractivity contribution < 1.29 is 18.7 Å². The molecule has 4 rings (SSSR count). The van der Waals surface area contributed by atoms with E-state index in [2.05, 4.69) is 15.5 Å². The molecule has 1 amide bonds. The van der Waals surface area contributed by atoms with Crippen LogP contribution in [0.25, 0.3) is 22.6 Å². The van der Waals surface area contributed by atoms with Crippen LogP contribution in [0.3, 0.4) is 0 Å². The van der Waals surface area contributed by atoms with Crippen LogP contribution >= 0.6 is 23.4 Å². The Morgan fingerprint density at radius 3 is 2.73 bits per heavy atom. The van der Waals surface area contributed by atoms with E-state index in [4.69, 9.17) is 20.8 Å². The molecule has 2 heterocycles. The molecule has 0 aliphatic rings. The number of benzene rings is 2. The molecular weight excluding hydrogens is 464 g/mol. The van der Waals surface area contributed by atoms with E-state index in [-0.39, 0.29) is 18.3 Å². The van der Waals surface area contributed by atoms with Crippen molar-refractivity contribution in [3.63, 3.8) is 0 Å². The Labute approximate surface area is 199 Å². The van der Waals surface area contributed by atoms with E-state index >= 15 is 0 Å². The summed E-state index contributed by atoms with van der Waals surface area (Å²) in [5, 5.41) is 13.1. The number of carbonyl (C=O) groups is 2. The normalized spacial score (nSPS) is 11.0. The van der Waals surface area contributed by atoms with E-state index < -0.39 is 5.97 Å². The number of nitrogens with one attached hydrogen (secondary N) is 1. The fourth-order valence-corrected chi connectivity index (χ4v) is 4.20. The Kier molecular flexibility index (Phi) is 7.00. The summed E-state index contributed by atoms with van der Waals surface area (Å²) in [6, 6.07) is 14.2. The SMILES string of the molecule is CCOC(=O)c1ccc(Cl)c(NC(=O)CSc2nnc(-c3cc4ccccc4o3)n2CC)c1. The smallest absolute Gasteiger partial charge is 0.338 e. The number of fused-ring (bicyclic) bond motifs is 1. The van der Waals surface area contributed by atoms with Crippen molar-refractivity contribution in [2.75, 3.05) is 17.7 Å². The second-order valence-electron chi connectivity index (χ2n) is 6.95. The number of rotatable bonds is 8. The number of halogens is 1. The highest BCUT2D eigenvalue weighted by Crippen LogP contribution is 2.29. The number of aromatic nitrogens is 3. The Morgan fingerprint density at radius 1 is 1.15 bits per heavy atom. The van der Waals surface area contributed by atoms with Crippen molar-refractivity contribution in [1.29, 1.82) is 0 Å². The van der Waals surface area contributed by atoms with E-state index in [1.807, 2.05) is 41.8 Å². The second-order valence-corrected chi connectivity index (χ2v) is 8.30. The topological polar surface area (TPSA) is 99.2 Å². The highest BCUT2D eigenvalue weighted by atomic mass is 35.5. The number of furan rings is 1. The summed E-state index contributed by atoms with van der Waals surface area (Å²) >= 11 is 7.43. The minimum absolute atomic E-state index is 0.0816. The van der Waals surface area contributed by atoms with Crippen molar-refractivity contribution in [2.24, 2.45) is 0 Å². The van der Waals surface area contributed by atoms with Crippen LogP contribution < -0.4 is 5.32 Å². The molecule has 0 unspecified atom stereocenters. The zero-order chi connectivity index (χ0) is 23.4. The van der Waals surface area contributed by atoms with E-state index in [0.717, 1.165) is 11.0 Å². The molecule has 10 heteroatoms. The van der Waals surface area contributed by atoms with Crippen molar-refractivity contribution in [3.8, 4) is 11.6 Å². The second kappa shape index (κ2) is 10.1. The fourth-order valence-electron chi connectivity index (χ4n) is 3.23. The molecule has 0 aliphatic carbocycles. The molecule has 0 spiro atoms. The van der Waals surface area contributed by atoms with Gasteiger partial charge in [0.05, 0.1) is 28.6 Å². The first-order valence-corrected chi connectivity index (χ1v) is 11.7. The number of esters is 1. The molecule has 2 aromatic heterocycles. The molecule has 8 nitrogen and oxygen atoms in total. The van der Waals surface area contributed by atoms with Crippen molar-refractivity contribution in [3.05, 3.63) is 59.1 Å². The minimum Gasteiger partial charge on any atom is -0.462 e. The third-order valence-corrected chi connectivity index (χ3v) is 6.06. The number of ether oxygens (including phenoxy) is 1. The lowest BCUT2D eigenvalue weighted by Crippen LogP contribution is -2.15. The third kappa shape index (κ3) is 5.04. The number of hydrogen-bond acceptors (Lipinski definition) is 7. The Morgan fingerprint density at radius 2 is 1.97 bits per heavy atom. The van der Waals surface area contributed by atoms with Crippen LogP contribution in [0.4, 0.5) is 5.69 Å². The Bertz CT molecular complexity index is 1280. The lowest BCUT2D eigenvalue weighted by molar-refractivity contribution is -0.113.